The molecule has 0 saturated carbocycles. The van der Waals surface area contributed by atoms with Gasteiger partial charge in [-0.15, -0.1) is 11.3 Å². The quantitative estimate of drug-likeness (QED) is 0.618. The van der Waals surface area contributed by atoms with E-state index in [4.69, 9.17) is 0 Å². The molecule has 1 rings (SSSR count). The SMILES string of the molecule is COC(=O)[C@](O)(C#Cc1cccs1)C(F)(F)F. The van der Waals surface area contributed by atoms with Crippen LogP contribution in [-0.4, -0.2) is 30.0 Å². The fourth-order valence-electron chi connectivity index (χ4n) is 0.887. The van der Waals surface area contributed by atoms with Crippen molar-refractivity contribution in [1.82, 2.24) is 0 Å². The number of carbonyl (C=O) groups is 1. The van der Waals surface area contributed by atoms with E-state index < -0.39 is 17.7 Å². The Labute approximate surface area is 98.8 Å². The van der Waals surface area contributed by atoms with Gasteiger partial charge in [0.1, 0.15) is 0 Å². The molecule has 1 aromatic heterocycles. The number of methoxy groups -OCH3 is 1. The lowest BCUT2D eigenvalue weighted by molar-refractivity contribution is -0.241. The van der Waals surface area contributed by atoms with Crippen LogP contribution in [0, 0.1) is 11.8 Å². The molecule has 0 radical (unpaired) electrons. The molecule has 0 aliphatic carbocycles. The second kappa shape index (κ2) is 4.77. The second-order valence-corrected chi connectivity index (χ2v) is 3.87. The van der Waals surface area contributed by atoms with Crippen molar-refractivity contribution in [1.29, 1.82) is 0 Å². The van der Waals surface area contributed by atoms with E-state index in [9.17, 15) is 23.1 Å². The number of esters is 1. The van der Waals surface area contributed by atoms with E-state index >= 15 is 0 Å². The molecule has 0 aliphatic rings. The molecule has 1 atom stereocenters. The molecule has 1 aromatic rings. The van der Waals surface area contributed by atoms with Gasteiger partial charge < -0.3 is 9.84 Å². The van der Waals surface area contributed by atoms with Gasteiger partial charge in [-0.05, 0) is 17.4 Å². The van der Waals surface area contributed by atoms with Gasteiger partial charge in [0, 0.05) is 0 Å². The minimum Gasteiger partial charge on any atom is -0.466 e. The molecule has 0 aliphatic heterocycles. The Bertz CT molecular complexity index is 455. The molecular formula is C10H7F3O3S. The van der Waals surface area contributed by atoms with Crippen LogP contribution in [0.1, 0.15) is 4.88 Å². The summed E-state index contributed by atoms with van der Waals surface area (Å²) in [5.41, 5.74) is -3.80. The van der Waals surface area contributed by atoms with Crippen LogP contribution >= 0.6 is 11.3 Å². The zero-order chi connectivity index (χ0) is 13.1. The van der Waals surface area contributed by atoms with Crippen molar-refractivity contribution < 1.29 is 27.8 Å². The number of thiophene rings is 1. The Kier molecular flexibility index (Phi) is 3.80. The second-order valence-electron chi connectivity index (χ2n) is 2.93. The number of halogens is 3. The summed E-state index contributed by atoms with van der Waals surface area (Å²) < 4.78 is 41.5. The number of hydrogen-bond acceptors (Lipinski definition) is 4. The van der Waals surface area contributed by atoms with Gasteiger partial charge in [0.15, 0.2) is 0 Å². The number of alkyl halides is 3. The van der Waals surface area contributed by atoms with Crippen LogP contribution in [0.2, 0.25) is 0 Å². The van der Waals surface area contributed by atoms with Crippen molar-refractivity contribution in [3.05, 3.63) is 22.4 Å². The van der Waals surface area contributed by atoms with Crippen molar-refractivity contribution >= 4 is 17.3 Å². The largest absolute Gasteiger partial charge is 0.466 e. The van der Waals surface area contributed by atoms with Gasteiger partial charge in [-0.3, -0.25) is 0 Å². The van der Waals surface area contributed by atoms with E-state index in [1.807, 2.05) is 0 Å². The molecule has 0 amide bonds. The summed E-state index contributed by atoms with van der Waals surface area (Å²) >= 11 is 1.09. The maximum atomic E-state index is 12.5. The summed E-state index contributed by atoms with van der Waals surface area (Å²) in [6.07, 6.45) is -5.22. The van der Waals surface area contributed by atoms with Gasteiger partial charge in [0.2, 0.25) is 0 Å². The van der Waals surface area contributed by atoms with Crippen LogP contribution in [0.3, 0.4) is 0 Å². The number of ether oxygens (including phenoxy) is 1. The monoisotopic (exact) mass is 264 g/mol. The summed E-state index contributed by atoms with van der Waals surface area (Å²) in [5.74, 6) is 1.74. The molecule has 0 spiro atoms. The molecule has 1 heterocycles. The van der Waals surface area contributed by atoms with Crippen molar-refractivity contribution in [3.63, 3.8) is 0 Å². The van der Waals surface area contributed by atoms with E-state index in [1.165, 1.54) is 12.0 Å². The summed E-state index contributed by atoms with van der Waals surface area (Å²) in [7, 11) is 0.742. The first-order chi connectivity index (χ1) is 7.81. The van der Waals surface area contributed by atoms with Crippen molar-refractivity contribution in [2.75, 3.05) is 7.11 Å². The van der Waals surface area contributed by atoms with E-state index in [2.05, 4.69) is 10.7 Å². The predicted octanol–water partition coefficient (Wildman–Crippen LogP) is 1.57. The lowest BCUT2D eigenvalue weighted by Gasteiger charge is -2.21. The third-order valence-corrected chi connectivity index (χ3v) is 2.56. The van der Waals surface area contributed by atoms with Crippen LogP contribution in [0.15, 0.2) is 17.5 Å². The molecule has 0 unspecified atom stereocenters. The minimum atomic E-state index is -5.22. The zero-order valence-electron chi connectivity index (χ0n) is 8.54. The van der Waals surface area contributed by atoms with E-state index in [0.717, 1.165) is 18.4 Å². The lowest BCUT2D eigenvalue weighted by atomic mass is 10.1. The molecule has 1 N–H and O–H groups in total. The van der Waals surface area contributed by atoms with Crippen LogP contribution < -0.4 is 0 Å². The Morgan fingerprint density at radius 2 is 2.18 bits per heavy atom. The van der Waals surface area contributed by atoms with Crippen LogP contribution in [0.4, 0.5) is 13.2 Å². The Morgan fingerprint density at radius 1 is 1.53 bits per heavy atom. The fourth-order valence-corrected chi connectivity index (χ4v) is 1.46. The van der Waals surface area contributed by atoms with Gasteiger partial charge in [-0.2, -0.15) is 13.2 Å². The third-order valence-electron chi connectivity index (χ3n) is 1.78. The molecule has 92 valence electrons. The average Bonchev–Trinajstić information content (AvgIpc) is 2.75. The highest BCUT2D eigenvalue weighted by molar-refractivity contribution is 7.10. The Balaban J connectivity index is 3.13. The molecule has 0 bridgehead atoms. The third kappa shape index (κ3) is 2.78. The molecule has 17 heavy (non-hydrogen) atoms. The van der Waals surface area contributed by atoms with Gasteiger partial charge in [0.25, 0.3) is 0 Å². The maximum Gasteiger partial charge on any atom is 0.440 e. The van der Waals surface area contributed by atoms with Crippen molar-refractivity contribution in [2.24, 2.45) is 0 Å². The lowest BCUT2D eigenvalue weighted by Crippen LogP contribution is -2.51. The molecule has 0 saturated heterocycles. The number of rotatable bonds is 1. The van der Waals surface area contributed by atoms with Crippen LogP contribution in [0.25, 0.3) is 0 Å². The first-order valence-electron chi connectivity index (χ1n) is 4.25. The highest BCUT2D eigenvalue weighted by Gasteiger charge is 2.60. The summed E-state index contributed by atoms with van der Waals surface area (Å²) in [6, 6.07) is 3.05. The van der Waals surface area contributed by atoms with Gasteiger partial charge in [0.05, 0.1) is 12.0 Å². The fraction of sp³-hybridized carbons (Fsp3) is 0.300. The van der Waals surface area contributed by atoms with Gasteiger partial charge in [-0.25, -0.2) is 4.79 Å². The molecule has 7 heteroatoms. The Morgan fingerprint density at radius 3 is 2.59 bits per heavy atom. The minimum absolute atomic E-state index is 0.302. The molecule has 0 fully saturated rings. The Hall–Kier alpha value is -1.52. The molecular weight excluding hydrogens is 257 g/mol. The highest BCUT2D eigenvalue weighted by Crippen LogP contribution is 2.31. The van der Waals surface area contributed by atoms with Crippen LogP contribution in [-0.2, 0) is 9.53 Å². The van der Waals surface area contributed by atoms with Gasteiger partial charge in [-0.1, -0.05) is 12.0 Å². The maximum absolute atomic E-state index is 12.5. The standard InChI is InChI=1S/C10H7F3O3S/c1-16-8(14)9(15,10(11,12)13)5-4-7-3-2-6-17-7/h2-3,6,15H,1H3/t9-/m1/s1. The summed E-state index contributed by atoms with van der Waals surface area (Å²) in [6.45, 7) is 0. The predicted molar refractivity (Wildman–Crippen MR) is 54.2 cm³/mol. The first kappa shape index (κ1) is 13.5. The number of carbonyl (C=O) groups excluding carboxylic acids is 1. The average molecular weight is 264 g/mol. The van der Waals surface area contributed by atoms with Crippen molar-refractivity contribution in [2.45, 2.75) is 11.8 Å². The summed E-state index contributed by atoms with van der Waals surface area (Å²) in [4.78, 5) is 11.3. The normalized spacial score (nSPS) is 14.4. The summed E-state index contributed by atoms with van der Waals surface area (Å²) in [5, 5.41) is 10.9. The highest BCUT2D eigenvalue weighted by atomic mass is 32.1. The van der Waals surface area contributed by atoms with Crippen molar-refractivity contribution in [3.8, 4) is 11.8 Å². The van der Waals surface area contributed by atoms with Crippen LogP contribution in [0.5, 0.6) is 0 Å². The molecule has 0 aromatic carbocycles. The number of aliphatic hydroxyl groups is 1. The first-order valence-corrected chi connectivity index (χ1v) is 5.13. The topological polar surface area (TPSA) is 46.5 Å². The smallest absolute Gasteiger partial charge is 0.440 e. The van der Waals surface area contributed by atoms with E-state index in [1.54, 1.807) is 11.4 Å². The molecule has 3 nitrogen and oxygen atoms in total. The van der Waals surface area contributed by atoms with Gasteiger partial charge >= 0.3 is 17.7 Å². The zero-order valence-corrected chi connectivity index (χ0v) is 9.35. The number of hydrogen-bond donors (Lipinski definition) is 1. The van der Waals surface area contributed by atoms with E-state index in [-0.39, 0.29) is 0 Å². The van der Waals surface area contributed by atoms with E-state index in [0.29, 0.717) is 4.88 Å².